The van der Waals surface area contributed by atoms with Gasteiger partial charge in [-0.05, 0) is 36.0 Å². The number of halogens is 2. The van der Waals surface area contributed by atoms with Crippen molar-refractivity contribution >= 4 is 55.8 Å². The van der Waals surface area contributed by atoms with Crippen molar-refractivity contribution in [2.75, 3.05) is 5.32 Å². The summed E-state index contributed by atoms with van der Waals surface area (Å²) in [4.78, 5) is 17.0. The molecule has 1 aliphatic carbocycles. The molecule has 0 spiro atoms. The number of hydrogen-bond acceptors (Lipinski definition) is 3. The molecule has 1 heterocycles. The molecule has 3 rings (SSSR count). The van der Waals surface area contributed by atoms with Gasteiger partial charge in [0.05, 0.1) is 16.1 Å². The van der Waals surface area contributed by atoms with E-state index in [1.807, 2.05) is 39.0 Å². The number of rotatable bonds is 3. The van der Waals surface area contributed by atoms with Crippen LogP contribution in [0.1, 0.15) is 19.4 Å². The Balaban J connectivity index is 1.79. The summed E-state index contributed by atoms with van der Waals surface area (Å²) in [5.74, 6) is -0.0979. The fourth-order valence-electron chi connectivity index (χ4n) is 2.95. The Morgan fingerprint density at radius 1 is 1.41 bits per heavy atom. The molecule has 6 heteroatoms. The number of fused-ring (bicyclic) bond motifs is 1. The Hall–Kier alpha value is -1.10. The van der Waals surface area contributed by atoms with Crippen molar-refractivity contribution in [3.05, 3.63) is 34.3 Å². The summed E-state index contributed by atoms with van der Waals surface area (Å²) in [6.07, 6.45) is 1.75. The van der Waals surface area contributed by atoms with E-state index in [0.717, 1.165) is 15.8 Å². The van der Waals surface area contributed by atoms with Crippen LogP contribution >= 0.6 is 34.5 Å². The van der Waals surface area contributed by atoms with Gasteiger partial charge in [-0.15, -0.1) is 0 Å². The number of amides is 1. The first kappa shape index (κ1) is 15.8. The number of nitrogens with zero attached hydrogens (tertiary/aromatic N) is 1. The average molecular weight is 355 g/mol. The number of hydrogen-bond donors (Lipinski definition) is 1. The number of anilines is 1. The first-order chi connectivity index (χ1) is 10.3. The molecule has 1 aromatic heterocycles. The first-order valence-corrected chi connectivity index (χ1v) is 8.58. The normalized spacial score (nSPS) is 22.4. The van der Waals surface area contributed by atoms with Crippen molar-refractivity contribution < 1.29 is 4.79 Å². The summed E-state index contributed by atoms with van der Waals surface area (Å²) >= 11 is 12.9. The van der Waals surface area contributed by atoms with Crippen LogP contribution in [-0.4, -0.2) is 10.9 Å². The minimum atomic E-state index is -0.133. The monoisotopic (exact) mass is 354 g/mol. The Bertz CT molecular complexity index is 778. The molecule has 1 N–H and O–H groups in total. The summed E-state index contributed by atoms with van der Waals surface area (Å²) in [6, 6.07) is 6.02. The quantitative estimate of drug-likeness (QED) is 0.829. The lowest BCUT2D eigenvalue weighted by Crippen LogP contribution is -2.16. The number of aryl methyl sites for hydroxylation is 1. The number of benzene rings is 1. The van der Waals surface area contributed by atoms with Crippen molar-refractivity contribution in [3.8, 4) is 0 Å². The second kappa shape index (κ2) is 5.52. The molecule has 1 fully saturated rings. The van der Waals surface area contributed by atoms with E-state index in [2.05, 4.69) is 10.3 Å². The van der Waals surface area contributed by atoms with E-state index < -0.39 is 0 Å². The number of allylic oxidation sites excluding steroid dienone is 1. The Kier molecular flexibility index (Phi) is 3.96. The maximum Gasteiger partial charge on any atom is 0.230 e. The first-order valence-electron chi connectivity index (χ1n) is 7.00. The molecule has 0 bridgehead atoms. The number of carbonyl (C=O) groups is 1. The molecular formula is C16H16Cl2N2OS. The summed E-state index contributed by atoms with van der Waals surface area (Å²) in [6.45, 7) is 6.09. The minimum Gasteiger partial charge on any atom is -0.302 e. The third kappa shape index (κ3) is 2.75. The van der Waals surface area contributed by atoms with Crippen molar-refractivity contribution in [2.24, 2.45) is 17.3 Å². The molecule has 0 saturated heterocycles. The molecule has 116 valence electrons. The fraction of sp³-hybridized carbons (Fsp3) is 0.375. The maximum atomic E-state index is 12.5. The van der Waals surface area contributed by atoms with Gasteiger partial charge in [-0.2, -0.15) is 0 Å². The molecule has 2 aromatic rings. The SMILES string of the molecule is Cc1cccc2sc(NC(=O)C3C(C=C(Cl)Cl)C3(C)C)nc12. The highest BCUT2D eigenvalue weighted by molar-refractivity contribution is 7.22. The summed E-state index contributed by atoms with van der Waals surface area (Å²) < 4.78 is 1.29. The van der Waals surface area contributed by atoms with E-state index in [1.165, 1.54) is 11.3 Å². The zero-order valence-electron chi connectivity index (χ0n) is 12.5. The van der Waals surface area contributed by atoms with Crippen LogP contribution < -0.4 is 5.32 Å². The lowest BCUT2D eigenvalue weighted by Gasteiger charge is -2.02. The highest BCUT2D eigenvalue weighted by Crippen LogP contribution is 2.60. The maximum absolute atomic E-state index is 12.5. The standard InChI is InChI=1S/C16H16Cl2N2OS/c1-8-5-4-6-10-13(8)19-15(22-10)20-14(21)12-9(7-11(17)18)16(12,2)3/h4-7,9,12H,1-3H3,(H,19,20,21). The number of thiazole rings is 1. The van der Waals surface area contributed by atoms with Crippen LogP contribution in [0.15, 0.2) is 28.8 Å². The van der Waals surface area contributed by atoms with Gasteiger partial charge < -0.3 is 5.32 Å². The topological polar surface area (TPSA) is 42.0 Å². The Morgan fingerprint density at radius 3 is 2.77 bits per heavy atom. The van der Waals surface area contributed by atoms with Crippen LogP contribution in [0.5, 0.6) is 0 Å². The van der Waals surface area contributed by atoms with E-state index in [-0.39, 0.29) is 27.6 Å². The molecule has 0 aliphatic heterocycles. The highest BCUT2D eigenvalue weighted by atomic mass is 35.5. The zero-order valence-corrected chi connectivity index (χ0v) is 14.8. The van der Waals surface area contributed by atoms with Crippen molar-refractivity contribution in [1.29, 1.82) is 0 Å². The van der Waals surface area contributed by atoms with Crippen LogP contribution in [0, 0.1) is 24.2 Å². The fourth-order valence-corrected chi connectivity index (χ4v) is 4.17. The molecular weight excluding hydrogens is 339 g/mol. The van der Waals surface area contributed by atoms with Gasteiger partial charge in [0.1, 0.15) is 4.49 Å². The van der Waals surface area contributed by atoms with Crippen molar-refractivity contribution in [3.63, 3.8) is 0 Å². The largest absolute Gasteiger partial charge is 0.302 e. The van der Waals surface area contributed by atoms with Gasteiger partial charge in [0, 0.05) is 0 Å². The highest BCUT2D eigenvalue weighted by Gasteiger charge is 2.60. The molecule has 1 aromatic carbocycles. The summed E-state index contributed by atoms with van der Waals surface area (Å²) in [7, 11) is 0. The third-order valence-corrected chi connectivity index (χ3v) is 5.54. The lowest BCUT2D eigenvalue weighted by molar-refractivity contribution is -0.118. The molecule has 1 amide bonds. The van der Waals surface area contributed by atoms with Gasteiger partial charge in [0.15, 0.2) is 5.13 Å². The molecule has 3 nitrogen and oxygen atoms in total. The van der Waals surface area contributed by atoms with Gasteiger partial charge in [0.2, 0.25) is 5.91 Å². The number of nitrogens with one attached hydrogen (secondary N) is 1. The number of para-hydroxylation sites is 1. The second-order valence-corrected chi connectivity index (χ2v) is 8.25. The number of aromatic nitrogens is 1. The smallest absolute Gasteiger partial charge is 0.230 e. The molecule has 22 heavy (non-hydrogen) atoms. The van der Waals surface area contributed by atoms with Gasteiger partial charge in [-0.1, -0.05) is 60.5 Å². The molecule has 1 aliphatic rings. The van der Waals surface area contributed by atoms with E-state index >= 15 is 0 Å². The van der Waals surface area contributed by atoms with E-state index in [4.69, 9.17) is 23.2 Å². The minimum absolute atomic E-state index is 0.0301. The molecule has 2 unspecified atom stereocenters. The second-order valence-electron chi connectivity index (χ2n) is 6.21. The van der Waals surface area contributed by atoms with E-state index in [9.17, 15) is 4.79 Å². The predicted octanol–water partition coefficient (Wildman–Crippen LogP) is 5.13. The predicted molar refractivity (Wildman–Crippen MR) is 93.5 cm³/mol. The van der Waals surface area contributed by atoms with Crippen LogP contribution in [0.3, 0.4) is 0 Å². The van der Waals surface area contributed by atoms with Crippen molar-refractivity contribution in [2.45, 2.75) is 20.8 Å². The third-order valence-electron chi connectivity index (χ3n) is 4.35. The van der Waals surface area contributed by atoms with Gasteiger partial charge in [-0.25, -0.2) is 4.98 Å². The molecule has 0 radical (unpaired) electrons. The van der Waals surface area contributed by atoms with Crippen molar-refractivity contribution in [1.82, 2.24) is 4.98 Å². The van der Waals surface area contributed by atoms with Crippen LogP contribution in [-0.2, 0) is 4.79 Å². The molecule has 2 atom stereocenters. The van der Waals surface area contributed by atoms with Crippen LogP contribution in [0.4, 0.5) is 5.13 Å². The van der Waals surface area contributed by atoms with Crippen LogP contribution in [0.2, 0.25) is 0 Å². The lowest BCUT2D eigenvalue weighted by atomic mass is 10.1. The zero-order chi connectivity index (χ0) is 16.1. The van der Waals surface area contributed by atoms with Gasteiger partial charge in [0.25, 0.3) is 0 Å². The van der Waals surface area contributed by atoms with Crippen LogP contribution in [0.25, 0.3) is 10.2 Å². The summed E-state index contributed by atoms with van der Waals surface area (Å²) in [5.41, 5.74) is 1.92. The average Bonchev–Trinajstić information content (AvgIpc) is 2.78. The molecule has 1 saturated carbocycles. The van der Waals surface area contributed by atoms with E-state index in [1.54, 1.807) is 6.08 Å². The Morgan fingerprint density at radius 2 is 2.14 bits per heavy atom. The van der Waals surface area contributed by atoms with Gasteiger partial charge >= 0.3 is 0 Å². The van der Waals surface area contributed by atoms with E-state index in [0.29, 0.717) is 5.13 Å². The Labute approximate surface area is 143 Å². The number of carbonyl (C=O) groups excluding carboxylic acids is 1. The van der Waals surface area contributed by atoms with Gasteiger partial charge in [-0.3, -0.25) is 4.79 Å². The summed E-state index contributed by atoms with van der Waals surface area (Å²) in [5, 5.41) is 3.57.